The van der Waals surface area contributed by atoms with Crippen LogP contribution in [0.4, 0.5) is 26.3 Å². The Kier molecular flexibility index (Phi) is 5.01. The maximum absolute atomic E-state index is 13.3. The Hall–Kier alpha value is -3.10. The molecule has 1 heterocycles. The topological polar surface area (TPSA) is 35.0 Å². The fourth-order valence-electron chi connectivity index (χ4n) is 2.44. The number of rotatable bonds is 3. The number of methoxy groups -OCH3 is 1. The van der Waals surface area contributed by atoms with E-state index in [1.807, 2.05) is 0 Å². The zero-order valence-corrected chi connectivity index (χ0v) is 14.3. The third kappa shape index (κ3) is 4.24. The molecule has 0 N–H and O–H groups in total. The monoisotopic (exact) mass is 398 g/mol. The molecule has 0 saturated heterocycles. The number of hydrogen-bond donors (Lipinski definition) is 0. The summed E-state index contributed by atoms with van der Waals surface area (Å²) in [5.41, 5.74) is -1.82. The minimum absolute atomic E-state index is 0.107. The van der Waals surface area contributed by atoms with Gasteiger partial charge in [-0.3, -0.25) is 0 Å². The Morgan fingerprint density at radius 2 is 1.29 bits per heavy atom. The lowest BCUT2D eigenvalue weighted by atomic mass is 10.1. The predicted molar refractivity (Wildman–Crippen MR) is 89.5 cm³/mol. The molecule has 0 spiro atoms. The predicted octanol–water partition coefficient (Wildman–Crippen LogP) is 5.86. The molecule has 3 rings (SSSR count). The second-order valence-corrected chi connectivity index (χ2v) is 5.76. The van der Waals surface area contributed by atoms with E-state index >= 15 is 0 Å². The minimum Gasteiger partial charge on any atom is -0.497 e. The molecule has 3 nitrogen and oxygen atoms in total. The zero-order chi connectivity index (χ0) is 20.5. The fourth-order valence-corrected chi connectivity index (χ4v) is 2.44. The highest BCUT2D eigenvalue weighted by Gasteiger charge is 2.34. The average Bonchev–Trinajstić information content (AvgIpc) is 2.66. The van der Waals surface area contributed by atoms with E-state index < -0.39 is 23.6 Å². The highest BCUT2D eigenvalue weighted by Crippen LogP contribution is 2.34. The lowest BCUT2D eigenvalue weighted by molar-refractivity contribution is -0.141. The molecule has 0 aliphatic carbocycles. The summed E-state index contributed by atoms with van der Waals surface area (Å²) in [5.74, 6) is 0.297. The molecule has 0 bridgehead atoms. The van der Waals surface area contributed by atoms with E-state index in [2.05, 4.69) is 9.97 Å². The molecule has 146 valence electrons. The number of ether oxygens (including phenoxy) is 1. The molecule has 0 fully saturated rings. The first-order valence-electron chi connectivity index (χ1n) is 7.86. The molecule has 0 atom stereocenters. The van der Waals surface area contributed by atoms with Crippen molar-refractivity contribution in [1.82, 2.24) is 9.97 Å². The first-order valence-corrected chi connectivity index (χ1v) is 7.86. The second-order valence-electron chi connectivity index (χ2n) is 5.76. The lowest BCUT2D eigenvalue weighted by Crippen LogP contribution is -2.10. The third-order valence-corrected chi connectivity index (χ3v) is 3.87. The average molecular weight is 398 g/mol. The fraction of sp³-hybridized carbons (Fsp3) is 0.158. The Morgan fingerprint density at radius 3 is 1.79 bits per heavy atom. The van der Waals surface area contributed by atoms with Crippen LogP contribution in [0.1, 0.15) is 11.3 Å². The van der Waals surface area contributed by atoms with Gasteiger partial charge < -0.3 is 4.74 Å². The molecule has 0 aliphatic heterocycles. The van der Waals surface area contributed by atoms with Gasteiger partial charge in [0, 0.05) is 11.1 Å². The van der Waals surface area contributed by atoms with Gasteiger partial charge >= 0.3 is 12.4 Å². The van der Waals surface area contributed by atoms with Gasteiger partial charge in [-0.05, 0) is 42.5 Å². The van der Waals surface area contributed by atoms with Crippen LogP contribution in [0.5, 0.6) is 5.75 Å². The molecule has 3 aromatic rings. The Labute approximate surface area is 155 Å². The smallest absolute Gasteiger partial charge is 0.433 e. The normalized spacial score (nSPS) is 12.1. The van der Waals surface area contributed by atoms with Gasteiger partial charge in [0.1, 0.15) is 11.4 Å². The lowest BCUT2D eigenvalue weighted by Gasteiger charge is -2.12. The summed E-state index contributed by atoms with van der Waals surface area (Å²) < 4.78 is 82.9. The van der Waals surface area contributed by atoms with Crippen molar-refractivity contribution in [1.29, 1.82) is 0 Å². The summed E-state index contributed by atoms with van der Waals surface area (Å²) in [5, 5.41) is 0. The third-order valence-electron chi connectivity index (χ3n) is 3.87. The Bertz CT molecular complexity index is 964. The van der Waals surface area contributed by atoms with Crippen LogP contribution in [-0.4, -0.2) is 17.1 Å². The van der Waals surface area contributed by atoms with Gasteiger partial charge in [0.15, 0.2) is 5.82 Å². The quantitative estimate of drug-likeness (QED) is 0.519. The SMILES string of the molecule is COc1ccc(-c2nc(-c3ccc(C(F)(F)F)cc3)cc(C(F)(F)F)n2)cc1. The summed E-state index contributed by atoms with van der Waals surface area (Å²) in [6.45, 7) is 0. The minimum atomic E-state index is -4.75. The van der Waals surface area contributed by atoms with Crippen molar-refractivity contribution >= 4 is 0 Å². The number of nitrogens with zero attached hydrogens (tertiary/aromatic N) is 2. The standard InChI is InChI=1S/C19H12F6N2O/c1-28-14-8-4-12(5-9-14)17-26-15(10-16(27-17)19(23,24)25)11-2-6-13(7-3-11)18(20,21)22/h2-10H,1H3. The largest absolute Gasteiger partial charge is 0.497 e. The van der Waals surface area contributed by atoms with E-state index in [0.29, 0.717) is 17.4 Å². The van der Waals surface area contributed by atoms with Crippen molar-refractivity contribution in [2.75, 3.05) is 7.11 Å². The van der Waals surface area contributed by atoms with Gasteiger partial charge in [-0.25, -0.2) is 9.97 Å². The van der Waals surface area contributed by atoms with Crippen molar-refractivity contribution in [3.05, 3.63) is 65.9 Å². The summed E-state index contributed by atoms with van der Waals surface area (Å²) in [6.07, 6.45) is -9.29. The van der Waals surface area contributed by atoms with Crippen molar-refractivity contribution in [2.24, 2.45) is 0 Å². The van der Waals surface area contributed by atoms with Crippen LogP contribution < -0.4 is 4.74 Å². The second kappa shape index (κ2) is 7.14. The Balaban J connectivity index is 2.10. The van der Waals surface area contributed by atoms with E-state index in [0.717, 1.165) is 24.3 Å². The maximum Gasteiger partial charge on any atom is 0.433 e. The summed E-state index contributed by atoms with van der Waals surface area (Å²) in [6, 6.07) is 10.5. The van der Waals surface area contributed by atoms with Crippen molar-refractivity contribution < 1.29 is 31.1 Å². The van der Waals surface area contributed by atoms with E-state index in [4.69, 9.17) is 4.74 Å². The number of aromatic nitrogens is 2. The molecule has 0 amide bonds. The first-order chi connectivity index (χ1) is 13.1. The van der Waals surface area contributed by atoms with E-state index in [9.17, 15) is 26.3 Å². The van der Waals surface area contributed by atoms with Gasteiger partial charge in [-0.15, -0.1) is 0 Å². The number of alkyl halides is 6. The van der Waals surface area contributed by atoms with Crippen LogP contribution >= 0.6 is 0 Å². The van der Waals surface area contributed by atoms with Crippen LogP contribution in [-0.2, 0) is 12.4 Å². The van der Waals surface area contributed by atoms with Gasteiger partial charge in [-0.2, -0.15) is 26.3 Å². The number of hydrogen-bond acceptors (Lipinski definition) is 3. The van der Waals surface area contributed by atoms with Crippen LogP contribution in [0, 0.1) is 0 Å². The molecular formula is C19H12F6N2O. The van der Waals surface area contributed by atoms with Gasteiger partial charge in [0.2, 0.25) is 0 Å². The molecule has 28 heavy (non-hydrogen) atoms. The van der Waals surface area contributed by atoms with E-state index in [-0.39, 0.29) is 17.1 Å². The molecule has 0 unspecified atom stereocenters. The molecule has 2 aromatic carbocycles. The van der Waals surface area contributed by atoms with Gasteiger partial charge in [0.05, 0.1) is 18.4 Å². The van der Waals surface area contributed by atoms with Gasteiger partial charge in [0.25, 0.3) is 0 Å². The highest BCUT2D eigenvalue weighted by atomic mass is 19.4. The molecule has 0 aliphatic rings. The highest BCUT2D eigenvalue weighted by molar-refractivity contribution is 5.65. The van der Waals surface area contributed by atoms with Crippen LogP contribution in [0.2, 0.25) is 0 Å². The first kappa shape index (κ1) is 19.7. The summed E-state index contributed by atoms with van der Waals surface area (Å²) >= 11 is 0. The van der Waals surface area contributed by atoms with Crippen molar-refractivity contribution in [2.45, 2.75) is 12.4 Å². The van der Waals surface area contributed by atoms with Crippen LogP contribution in [0.15, 0.2) is 54.6 Å². The summed E-state index contributed by atoms with van der Waals surface area (Å²) in [4.78, 5) is 7.66. The molecule has 0 radical (unpaired) electrons. The zero-order valence-electron chi connectivity index (χ0n) is 14.3. The molecular weight excluding hydrogens is 386 g/mol. The Morgan fingerprint density at radius 1 is 0.714 bits per heavy atom. The van der Waals surface area contributed by atoms with Crippen LogP contribution in [0.25, 0.3) is 22.6 Å². The number of benzene rings is 2. The van der Waals surface area contributed by atoms with E-state index in [1.165, 1.54) is 31.4 Å². The summed E-state index contributed by atoms with van der Waals surface area (Å²) in [7, 11) is 1.44. The number of halogens is 6. The maximum atomic E-state index is 13.3. The van der Waals surface area contributed by atoms with E-state index in [1.54, 1.807) is 0 Å². The molecule has 1 aromatic heterocycles. The molecule has 0 saturated carbocycles. The van der Waals surface area contributed by atoms with Crippen LogP contribution in [0.3, 0.4) is 0 Å². The van der Waals surface area contributed by atoms with Crippen molar-refractivity contribution in [3.63, 3.8) is 0 Å². The van der Waals surface area contributed by atoms with Crippen molar-refractivity contribution in [3.8, 4) is 28.4 Å². The molecule has 9 heteroatoms. The van der Waals surface area contributed by atoms with Gasteiger partial charge in [-0.1, -0.05) is 12.1 Å².